The Morgan fingerprint density at radius 3 is 2.83 bits per heavy atom. The third-order valence-electron chi connectivity index (χ3n) is 1.49. The number of aromatic nitrogens is 1. The van der Waals surface area contributed by atoms with Gasteiger partial charge in [0.05, 0.1) is 14.7 Å². The predicted molar refractivity (Wildman–Crippen MR) is 57.8 cm³/mol. The molecule has 1 heterocycles. The smallest absolute Gasteiger partial charge is 0.305 e. The molecule has 0 atom stereocenters. The number of H-pyrrole nitrogens is 1. The predicted octanol–water partition coefficient (Wildman–Crippen LogP) is 3.11. The van der Waals surface area contributed by atoms with Gasteiger partial charge in [-0.1, -0.05) is 11.3 Å². The highest BCUT2D eigenvalue weighted by Gasteiger charge is 2.05. The van der Waals surface area contributed by atoms with Gasteiger partial charge in [-0.3, -0.25) is 4.79 Å². The lowest BCUT2D eigenvalue weighted by atomic mass is 10.3. The van der Waals surface area contributed by atoms with Crippen molar-refractivity contribution in [3.8, 4) is 0 Å². The zero-order valence-electron chi connectivity index (χ0n) is 5.73. The summed E-state index contributed by atoms with van der Waals surface area (Å²) in [5.74, 6) is 0. The van der Waals surface area contributed by atoms with E-state index < -0.39 is 0 Å². The molecule has 0 aliphatic carbocycles. The second kappa shape index (κ2) is 2.97. The van der Waals surface area contributed by atoms with E-state index in [2.05, 4.69) is 36.8 Å². The topological polar surface area (TPSA) is 32.9 Å². The molecule has 2 aromatic rings. The first-order valence-corrected chi connectivity index (χ1v) is 5.55. The Bertz CT molecular complexity index is 488. The maximum absolute atomic E-state index is 11.0. The van der Waals surface area contributed by atoms with Crippen LogP contribution in [-0.2, 0) is 0 Å². The second-order valence-electron chi connectivity index (χ2n) is 2.25. The molecule has 5 heteroatoms. The molecule has 0 spiro atoms. The number of hydrogen-bond acceptors (Lipinski definition) is 2. The first-order valence-electron chi connectivity index (χ1n) is 3.15. The van der Waals surface area contributed by atoms with Crippen LogP contribution in [0.3, 0.4) is 0 Å². The van der Waals surface area contributed by atoms with Gasteiger partial charge in [0, 0.05) is 4.47 Å². The number of benzene rings is 1. The first kappa shape index (κ1) is 8.47. The molecule has 1 aromatic heterocycles. The number of fused-ring (bicyclic) bond motifs is 1. The number of aromatic amines is 1. The molecule has 0 radical (unpaired) electrons. The number of nitrogens with one attached hydrogen (secondary N) is 1. The molecule has 0 bridgehead atoms. The molecular formula is C7H3Br2NOS. The minimum absolute atomic E-state index is 0.0243. The van der Waals surface area contributed by atoms with Crippen molar-refractivity contribution in [1.82, 2.24) is 4.98 Å². The Hall–Kier alpha value is -0.130. The van der Waals surface area contributed by atoms with Crippen LogP contribution in [-0.4, -0.2) is 4.98 Å². The van der Waals surface area contributed by atoms with Gasteiger partial charge in [-0.05, 0) is 44.0 Å². The van der Waals surface area contributed by atoms with Crippen molar-refractivity contribution in [2.45, 2.75) is 0 Å². The Labute approximate surface area is 88.9 Å². The lowest BCUT2D eigenvalue weighted by molar-refractivity contribution is 1.39. The lowest BCUT2D eigenvalue weighted by Crippen LogP contribution is -1.90. The van der Waals surface area contributed by atoms with Crippen molar-refractivity contribution < 1.29 is 0 Å². The van der Waals surface area contributed by atoms with E-state index >= 15 is 0 Å². The van der Waals surface area contributed by atoms with E-state index in [1.165, 1.54) is 11.3 Å². The summed E-state index contributed by atoms with van der Waals surface area (Å²) in [4.78, 5) is 13.7. The number of hydrogen-bond donors (Lipinski definition) is 1. The number of thiazole rings is 1. The Balaban J connectivity index is 2.99. The highest BCUT2D eigenvalue weighted by molar-refractivity contribution is 9.13. The summed E-state index contributed by atoms with van der Waals surface area (Å²) >= 11 is 7.96. The molecular weight excluding hydrogens is 306 g/mol. The monoisotopic (exact) mass is 307 g/mol. The molecule has 0 aliphatic heterocycles. The second-order valence-corrected chi connectivity index (χ2v) is 4.91. The average molecular weight is 309 g/mol. The van der Waals surface area contributed by atoms with Crippen LogP contribution < -0.4 is 4.87 Å². The zero-order chi connectivity index (χ0) is 8.72. The fourth-order valence-corrected chi connectivity index (χ4v) is 2.61. The van der Waals surface area contributed by atoms with Crippen LogP contribution in [0.2, 0.25) is 0 Å². The molecule has 0 fully saturated rings. The quantitative estimate of drug-likeness (QED) is 0.797. The highest BCUT2D eigenvalue weighted by Crippen LogP contribution is 2.30. The highest BCUT2D eigenvalue weighted by atomic mass is 79.9. The van der Waals surface area contributed by atoms with Crippen LogP contribution in [0.4, 0.5) is 0 Å². The Kier molecular flexibility index (Phi) is 2.10. The van der Waals surface area contributed by atoms with E-state index in [-0.39, 0.29) is 4.87 Å². The van der Waals surface area contributed by atoms with E-state index in [9.17, 15) is 4.79 Å². The maximum atomic E-state index is 11.0. The molecule has 2 nitrogen and oxygen atoms in total. The molecule has 1 aromatic carbocycles. The molecule has 0 saturated carbocycles. The van der Waals surface area contributed by atoms with Gasteiger partial charge >= 0.3 is 4.87 Å². The third-order valence-corrected chi connectivity index (χ3v) is 4.35. The Morgan fingerprint density at radius 2 is 2.08 bits per heavy atom. The average Bonchev–Trinajstić information content (AvgIpc) is 2.39. The molecule has 12 heavy (non-hydrogen) atoms. The lowest BCUT2D eigenvalue weighted by Gasteiger charge is -1.95. The first-order chi connectivity index (χ1) is 5.68. The summed E-state index contributed by atoms with van der Waals surface area (Å²) in [5, 5.41) is 0. The van der Waals surface area contributed by atoms with Gasteiger partial charge in [-0.2, -0.15) is 0 Å². The fraction of sp³-hybridized carbons (Fsp3) is 0. The van der Waals surface area contributed by atoms with Crippen LogP contribution >= 0.6 is 43.2 Å². The summed E-state index contributed by atoms with van der Waals surface area (Å²) in [6.07, 6.45) is 0. The van der Waals surface area contributed by atoms with Crippen LogP contribution in [0.5, 0.6) is 0 Å². The van der Waals surface area contributed by atoms with Crippen molar-refractivity contribution in [3.63, 3.8) is 0 Å². The summed E-state index contributed by atoms with van der Waals surface area (Å²) in [7, 11) is 0. The van der Waals surface area contributed by atoms with Crippen molar-refractivity contribution >= 4 is 53.4 Å². The van der Waals surface area contributed by atoms with Crippen LogP contribution in [0.25, 0.3) is 10.2 Å². The van der Waals surface area contributed by atoms with Gasteiger partial charge in [0.15, 0.2) is 0 Å². The summed E-state index contributed by atoms with van der Waals surface area (Å²) in [5.41, 5.74) is 0.861. The number of halogens is 2. The minimum atomic E-state index is -0.0243. The zero-order valence-corrected chi connectivity index (χ0v) is 9.72. The van der Waals surface area contributed by atoms with Crippen LogP contribution in [0.1, 0.15) is 0 Å². The van der Waals surface area contributed by atoms with Crippen molar-refractivity contribution in [1.29, 1.82) is 0 Å². The van der Waals surface area contributed by atoms with E-state index in [1.807, 2.05) is 12.1 Å². The van der Waals surface area contributed by atoms with Crippen LogP contribution in [0.15, 0.2) is 25.9 Å². The van der Waals surface area contributed by atoms with E-state index in [0.29, 0.717) is 0 Å². The molecule has 1 N–H and O–H groups in total. The maximum Gasteiger partial charge on any atom is 0.305 e. The number of rotatable bonds is 0. The molecule has 2 rings (SSSR count). The molecule has 0 amide bonds. The van der Waals surface area contributed by atoms with E-state index in [1.54, 1.807) is 0 Å². The van der Waals surface area contributed by atoms with Gasteiger partial charge in [-0.25, -0.2) is 0 Å². The standard InChI is InChI=1S/C7H3Br2NOS/c8-3-1-2-4-6(5(3)9)10-7(11)12-4/h1-2H,(H,10,11). The van der Waals surface area contributed by atoms with Gasteiger partial charge in [-0.15, -0.1) is 0 Å². The SMILES string of the molecule is O=c1[nH]c2c(Br)c(Br)ccc2s1. The largest absolute Gasteiger partial charge is 0.311 e. The Morgan fingerprint density at radius 1 is 1.33 bits per heavy atom. The normalized spacial score (nSPS) is 10.8. The third kappa shape index (κ3) is 1.26. The molecule has 0 unspecified atom stereocenters. The molecule has 0 aliphatic rings. The van der Waals surface area contributed by atoms with Crippen molar-refractivity contribution in [3.05, 3.63) is 30.7 Å². The summed E-state index contributed by atoms with van der Waals surface area (Å²) in [6.45, 7) is 0. The summed E-state index contributed by atoms with van der Waals surface area (Å²) in [6, 6.07) is 3.82. The van der Waals surface area contributed by atoms with Gasteiger partial charge in [0.1, 0.15) is 0 Å². The van der Waals surface area contributed by atoms with Crippen molar-refractivity contribution in [2.75, 3.05) is 0 Å². The van der Waals surface area contributed by atoms with Gasteiger partial charge < -0.3 is 4.98 Å². The van der Waals surface area contributed by atoms with Gasteiger partial charge in [0.2, 0.25) is 0 Å². The van der Waals surface area contributed by atoms with Gasteiger partial charge in [0.25, 0.3) is 0 Å². The summed E-state index contributed by atoms with van der Waals surface area (Å²) < 4.78 is 2.82. The van der Waals surface area contributed by atoms with E-state index in [4.69, 9.17) is 0 Å². The molecule has 62 valence electrons. The fourth-order valence-electron chi connectivity index (χ4n) is 0.962. The van der Waals surface area contributed by atoms with E-state index in [0.717, 1.165) is 19.2 Å². The van der Waals surface area contributed by atoms with Crippen LogP contribution in [0, 0.1) is 0 Å². The molecule has 0 saturated heterocycles. The van der Waals surface area contributed by atoms with Crippen molar-refractivity contribution in [2.24, 2.45) is 0 Å². The minimum Gasteiger partial charge on any atom is -0.311 e.